The van der Waals surface area contributed by atoms with Crippen molar-refractivity contribution in [1.82, 2.24) is 4.57 Å². The van der Waals surface area contributed by atoms with Crippen molar-refractivity contribution in [3.8, 4) is 22.6 Å². The highest BCUT2D eigenvalue weighted by atomic mass is 16.3. The van der Waals surface area contributed by atoms with E-state index >= 15 is 0 Å². The second kappa shape index (κ2) is 6.96. The van der Waals surface area contributed by atoms with Crippen molar-refractivity contribution in [2.45, 2.75) is 26.8 Å². The third-order valence-corrected chi connectivity index (χ3v) is 4.73. The Morgan fingerprint density at radius 2 is 1.69 bits per heavy atom. The molecule has 0 saturated carbocycles. The molecule has 26 heavy (non-hydrogen) atoms. The predicted molar refractivity (Wildman–Crippen MR) is 101 cm³/mol. The maximum atomic E-state index is 12.1. The summed E-state index contributed by atoms with van der Waals surface area (Å²) in [6.45, 7) is 4.52. The van der Waals surface area contributed by atoms with Crippen LogP contribution in [0, 0.1) is 13.8 Å². The van der Waals surface area contributed by atoms with Gasteiger partial charge in [-0.25, -0.2) is 0 Å². The normalized spacial score (nSPS) is 10.8. The molecule has 2 aromatic carbocycles. The number of phenolic OH excluding ortho intramolecular Hbond substituents is 2. The maximum absolute atomic E-state index is 12.1. The topological polar surface area (TPSA) is 88.5 Å². The molecule has 0 aliphatic rings. The van der Waals surface area contributed by atoms with Crippen LogP contribution in [0.4, 0.5) is 0 Å². The predicted octanol–water partition coefficient (Wildman–Crippen LogP) is 3.52. The first-order valence-electron chi connectivity index (χ1n) is 8.45. The fraction of sp³-hybridized carbons (Fsp3) is 0.190. The number of rotatable bonds is 5. The van der Waals surface area contributed by atoms with Gasteiger partial charge in [0.05, 0.1) is 5.56 Å². The van der Waals surface area contributed by atoms with E-state index in [4.69, 9.17) is 5.73 Å². The van der Waals surface area contributed by atoms with Crippen LogP contribution in [0.1, 0.15) is 27.3 Å². The molecule has 1 heterocycles. The Hall–Kier alpha value is -3.21. The van der Waals surface area contributed by atoms with Crippen LogP contribution in [0.25, 0.3) is 11.1 Å². The standard InChI is InChI=1S/C21H22N2O3/c1-13-19(16-4-3-5-18(25)12-16)20(21(22)26)14(2)23(13)11-10-15-6-8-17(24)9-7-15/h3-9,12,24-25H,10-11H2,1-2H3,(H2,22,26). The van der Waals surface area contributed by atoms with Crippen LogP contribution in [0.2, 0.25) is 0 Å². The smallest absolute Gasteiger partial charge is 0.251 e. The third-order valence-electron chi connectivity index (χ3n) is 4.73. The van der Waals surface area contributed by atoms with Crippen LogP contribution < -0.4 is 5.73 Å². The number of amides is 1. The highest BCUT2D eigenvalue weighted by Crippen LogP contribution is 2.34. The molecule has 1 amide bonds. The van der Waals surface area contributed by atoms with Crippen molar-refractivity contribution < 1.29 is 15.0 Å². The molecule has 3 aromatic rings. The Bertz CT molecular complexity index is 956. The van der Waals surface area contributed by atoms with E-state index in [0.717, 1.165) is 34.5 Å². The molecule has 5 nitrogen and oxygen atoms in total. The molecule has 1 aromatic heterocycles. The molecule has 0 fully saturated rings. The maximum Gasteiger partial charge on any atom is 0.251 e. The number of carbonyl (C=O) groups is 1. The number of hydrogen-bond donors (Lipinski definition) is 3. The van der Waals surface area contributed by atoms with Gasteiger partial charge in [-0.05, 0) is 55.7 Å². The van der Waals surface area contributed by atoms with Gasteiger partial charge in [0.2, 0.25) is 0 Å². The molecule has 0 radical (unpaired) electrons. The van der Waals surface area contributed by atoms with E-state index in [1.54, 1.807) is 30.3 Å². The molecule has 4 N–H and O–H groups in total. The Morgan fingerprint density at radius 1 is 1.00 bits per heavy atom. The summed E-state index contributed by atoms with van der Waals surface area (Å²) >= 11 is 0. The van der Waals surface area contributed by atoms with Gasteiger partial charge < -0.3 is 20.5 Å². The summed E-state index contributed by atoms with van der Waals surface area (Å²) in [5.41, 5.74) is 10.5. The van der Waals surface area contributed by atoms with Gasteiger partial charge in [-0.1, -0.05) is 24.3 Å². The van der Waals surface area contributed by atoms with E-state index < -0.39 is 5.91 Å². The number of nitrogens with two attached hydrogens (primary N) is 1. The Kier molecular flexibility index (Phi) is 4.71. The Morgan fingerprint density at radius 3 is 2.31 bits per heavy atom. The number of aryl methyl sites for hydroxylation is 1. The van der Waals surface area contributed by atoms with E-state index in [1.807, 2.05) is 32.0 Å². The number of hydrogen-bond acceptors (Lipinski definition) is 3. The quantitative estimate of drug-likeness (QED) is 0.658. The molecule has 5 heteroatoms. The lowest BCUT2D eigenvalue weighted by atomic mass is 10.00. The number of aromatic hydroxyl groups is 2. The minimum atomic E-state index is -0.479. The van der Waals surface area contributed by atoms with Gasteiger partial charge in [0, 0.05) is 23.5 Å². The summed E-state index contributed by atoms with van der Waals surface area (Å²) in [5, 5.41) is 19.2. The molecule has 0 spiro atoms. The number of aromatic nitrogens is 1. The zero-order valence-corrected chi connectivity index (χ0v) is 14.9. The summed E-state index contributed by atoms with van der Waals surface area (Å²) in [6, 6.07) is 13.9. The molecule has 0 aliphatic heterocycles. The summed E-state index contributed by atoms with van der Waals surface area (Å²) in [6.07, 6.45) is 0.758. The van der Waals surface area contributed by atoms with Crippen LogP contribution in [0.15, 0.2) is 48.5 Å². The second-order valence-corrected chi connectivity index (χ2v) is 6.40. The Balaban J connectivity index is 2.02. The molecular weight excluding hydrogens is 328 g/mol. The molecule has 0 atom stereocenters. The molecule has 0 unspecified atom stereocenters. The van der Waals surface area contributed by atoms with Gasteiger partial charge in [-0.3, -0.25) is 4.79 Å². The van der Waals surface area contributed by atoms with Crippen LogP contribution in [-0.4, -0.2) is 20.7 Å². The second-order valence-electron chi connectivity index (χ2n) is 6.40. The Labute approximate surface area is 152 Å². The zero-order chi connectivity index (χ0) is 18.8. The van der Waals surface area contributed by atoms with Gasteiger partial charge in [0.15, 0.2) is 0 Å². The van der Waals surface area contributed by atoms with E-state index in [2.05, 4.69) is 4.57 Å². The highest BCUT2D eigenvalue weighted by Gasteiger charge is 2.22. The minimum absolute atomic E-state index is 0.145. The monoisotopic (exact) mass is 350 g/mol. The average molecular weight is 350 g/mol. The summed E-state index contributed by atoms with van der Waals surface area (Å²) < 4.78 is 2.08. The molecular formula is C21H22N2O3. The number of carbonyl (C=O) groups excluding carboxylic acids is 1. The summed E-state index contributed by atoms with van der Waals surface area (Å²) in [4.78, 5) is 12.1. The van der Waals surface area contributed by atoms with Crippen LogP contribution in [0.3, 0.4) is 0 Å². The molecule has 3 rings (SSSR count). The van der Waals surface area contributed by atoms with Gasteiger partial charge >= 0.3 is 0 Å². The van der Waals surface area contributed by atoms with Gasteiger partial charge in [-0.2, -0.15) is 0 Å². The summed E-state index contributed by atoms with van der Waals surface area (Å²) in [7, 11) is 0. The molecule has 0 aliphatic carbocycles. The first-order chi connectivity index (χ1) is 12.4. The first-order valence-corrected chi connectivity index (χ1v) is 8.45. The molecule has 134 valence electrons. The third kappa shape index (κ3) is 3.28. The lowest BCUT2D eigenvalue weighted by molar-refractivity contribution is 0.1000. The van der Waals surface area contributed by atoms with E-state index in [-0.39, 0.29) is 11.5 Å². The minimum Gasteiger partial charge on any atom is -0.508 e. The number of phenols is 2. The van der Waals surface area contributed by atoms with Crippen LogP contribution in [-0.2, 0) is 13.0 Å². The number of primary amides is 1. The number of benzene rings is 2. The SMILES string of the molecule is Cc1c(C(N)=O)c(-c2cccc(O)c2)c(C)n1CCc1ccc(O)cc1. The fourth-order valence-corrected chi connectivity index (χ4v) is 3.44. The lowest BCUT2D eigenvalue weighted by Crippen LogP contribution is -2.13. The van der Waals surface area contributed by atoms with Gasteiger partial charge in [0.25, 0.3) is 5.91 Å². The highest BCUT2D eigenvalue weighted by molar-refractivity contribution is 6.02. The first kappa shape index (κ1) is 17.6. The zero-order valence-electron chi connectivity index (χ0n) is 14.9. The van der Waals surface area contributed by atoms with Crippen molar-refractivity contribution in [3.63, 3.8) is 0 Å². The molecule has 0 saturated heterocycles. The number of nitrogens with zero attached hydrogens (tertiary/aromatic N) is 1. The lowest BCUT2D eigenvalue weighted by Gasteiger charge is -2.10. The van der Waals surface area contributed by atoms with Crippen molar-refractivity contribution in [2.75, 3.05) is 0 Å². The van der Waals surface area contributed by atoms with E-state index in [1.165, 1.54) is 0 Å². The largest absolute Gasteiger partial charge is 0.508 e. The average Bonchev–Trinajstić information content (AvgIpc) is 2.85. The van der Waals surface area contributed by atoms with E-state index in [9.17, 15) is 15.0 Å². The van der Waals surface area contributed by atoms with Crippen molar-refractivity contribution in [1.29, 1.82) is 0 Å². The van der Waals surface area contributed by atoms with Crippen LogP contribution in [0.5, 0.6) is 11.5 Å². The van der Waals surface area contributed by atoms with Gasteiger partial charge in [0.1, 0.15) is 11.5 Å². The van der Waals surface area contributed by atoms with Crippen molar-refractivity contribution in [3.05, 3.63) is 71.0 Å². The van der Waals surface area contributed by atoms with Crippen molar-refractivity contribution >= 4 is 5.91 Å². The van der Waals surface area contributed by atoms with Crippen LogP contribution >= 0.6 is 0 Å². The van der Waals surface area contributed by atoms with Crippen molar-refractivity contribution in [2.24, 2.45) is 5.73 Å². The van der Waals surface area contributed by atoms with E-state index in [0.29, 0.717) is 12.1 Å². The summed E-state index contributed by atoms with van der Waals surface area (Å²) in [5.74, 6) is -0.0941. The van der Waals surface area contributed by atoms with Gasteiger partial charge in [-0.15, -0.1) is 0 Å². The fourth-order valence-electron chi connectivity index (χ4n) is 3.44. The molecule has 0 bridgehead atoms.